The van der Waals surface area contributed by atoms with Crippen molar-refractivity contribution in [3.05, 3.63) is 29.8 Å². The highest BCUT2D eigenvalue weighted by atomic mass is 32.2. The summed E-state index contributed by atoms with van der Waals surface area (Å²) in [6.07, 6.45) is 0. The normalized spacial score (nSPS) is 13.8. The van der Waals surface area contributed by atoms with Crippen molar-refractivity contribution in [2.24, 2.45) is 5.41 Å². The van der Waals surface area contributed by atoms with Gasteiger partial charge in [0.25, 0.3) is 0 Å². The van der Waals surface area contributed by atoms with Gasteiger partial charge in [-0.3, -0.25) is 0 Å². The molecule has 4 heteroatoms. The van der Waals surface area contributed by atoms with E-state index in [0.29, 0.717) is 10.6 Å². The lowest BCUT2D eigenvalue weighted by atomic mass is 9.88. The molecule has 0 heterocycles. The van der Waals surface area contributed by atoms with E-state index in [1.54, 1.807) is 0 Å². The quantitative estimate of drug-likeness (QED) is 0.828. The number of nitrogens with one attached hydrogen (secondary N) is 1. The van der Waals surface area contributed by atoms with Gasteiger partial charge in [0.05, 0.1) is 0 Å². The number of thioether (sulfide) groups is 1. The van der Waals surface area contributed by atoms with Crippen LogP contribution in [-0.2, 0) is 0 Å². The maximum Gasteiger partial charge on any atom is 0.136 e. The van der Waals surface area contributed by atoms with Gasteiger partial charge in [-0.2, -0.15) is 0 Å². The van der Waals surface area contributed by atoms with E-state index < -0.39 is 5.82 Å². The SMILES string of the molecule is CNC(CSc1cc(F)ccc1F)C(C)(C)C. The number of hydrogen-bond acceptors (Lipinski definition) is 2. The smallest absolute Gasteiger partial charge is 0.136 e. The Hall–Kier alpha value is -0.610. The Bertz CT molecular complexity index is 374. The first kappa shape index (κ1) is 14.5. The van der Waals surface area contributed by atoms with E-state index in [1.807, 2.05) is 7.05 Å². The monoisotopic (exact) mass is 259 g/mol. The lowest BCUT2D eigenvalue weighted by Crippen LogP contribution is -2.40. The van der Waals surface area contributed by atoms with Crippen molar-refractivity contribution >= 4 is 11.8 Å². The first-order valence-electron chi connectivity index (χ1n) is 5.59. The van der Waals surface area contributed by atoms with Crippen molar-refractivity contribution in [1.82, 2.24) is 5.32 Å². The summed E-state index contributed by atoms with van der Waals surface area (Å²) >= 11 is 1.34. The van der Waals surface area contributed by atoms with Crippen LogP contribution in [0.3, 0.4) is 0 Å². The molecule has 0 saturated heterocycles. The predicted octanol–water partition coefficient (Wildman–Crippen LogP) is 3.69. The third-order valence-corrected chi connectivity index (χ3v) is 3.82. The summed E-state index contributed by atoms with van der Waals surface area (Å²) in [6.45, 7) is 6.37. The van der Waals surface area contributed by atoms with Crippen LogP contribution in [0, 0.1) is 17.0 Å². The molecule has 0 aliphatic heterocycles. The molecular weight excluding hydrogens is 240 g/mol. The van der Waals surface area contributed by atoms with Crippen molar-refractivity contribution in [2.45, 2.75) is 31.7 Å². The van der Waals surface area contributed by atoms with E-state index in [1.165, 1.54) is 23.9 Å². The van der Waals surface area contributed by atoms with Crippen LogP contribution in [0.5, 0.6) is 0 Å². The zero-order chi connectivity index (χ0) is 13.1. The van der Waals surface area contributed by atoms with Crippen molar-refractivity contribution in [3.63, 3.8) is 0 Å². The number of benzene rings is 1. The molecule has 0 spiro atoms. The first-order valence-corrected chi connectivity index (χ1v) is 6.58. The maximum absolute atomic E-state index is 13.4. The van der Waals surface area contributed by atoms with Crippen molar-refractivity contribution in [1.29, 1.82) is 0 Å². The summed E-state index contributed by atoms with van der Waals surface area (Å²) in [5, 5.41) is 3.21. The predicted molar refractivity (Wildman–Crippen MR) is 69.4 cm³/mol. The van der Waals surface area contributed by atoms with Gasteiger partial charge < -0.3 is 5.32 Å². The fraction of sp³-hybridized carbons (Fsp3) is 0.538. The van der Waals surface area contributed by atoms with Crippen LogP contribution in [0.4, 0.5) is 8.78 Å². The van der Waals surface area contributed by atoms with Crippen LogP contribution < -0.4 is 5.32 Å². The zero-order valence-corrected chi connectivity index (χ0v) is 11.5. The Morgan fingerprint density at radius 2 is 1.94 bits per heavy atom. The highest BCUT2D eigenvalue weighted by Gasteiger charge is 2.23. The molecule has 0 saturated carbocycles. The van der Waals surface area contributed by atoms with Crippen LogP contribution in [0.1, 0.15) is 20.8 Å². The third-order valence-electron chi connectivity index (χ3n) is 2.69. The molecule has 1 atom stereocenters. The van der Waals surface area contributed by atoms with Gasteiger partial charge in [0.1, 0.15) is 11.6 Å². The third kappa shape index (κ3) is 4.28. The molecule has 0 fully saturated rings. The zero-order valence-electron chi connectivity index (χ0n) is 10.7. The van der Waals surface area contributed by atoms with E-state index in [9.17, 15) is 8.78 Å². The highest BCUT2D eigenvalue weighted by molar-refractivity contribution is 7.99. The Morgan fingerprint density at radius 1 is 1.29 bits per heavy atom. The second-order valence-corrected chi connectivity index (χ2v) is 6.15. The Balaban J connectivity index is 2.69. The minimum Gasteiger partial charge on any atom is -0.316 e. The second-order valence-electron chi connectivity index (χ2n) is 5.09. The van der Waals surface area contributed by atoms with Crippen LogP contribution in [0.25, 0.3) is 0 Å². The molecule has 1 aromatic rings. The molecule has 0 aliphatic rings. The summed E-state index contributed by atoms with van der Waals surface area (Å²) in [4.78, 5) is 0.370. The van der Waals surface area contributed by atoms with Gasteiger partial charge >= 0.3 is 0 Å². The van der Waals surface area contributed by atoms with Crippen molar-refractivity contribution in [3.8, 4) is 0 Å². The minimum atomic E-state index is -0.398. The van der Waals surface area contributed by atoms with Gasteiger partial charge in [0.15, 0.2) is 0 Å². The molecular formula is C13H19F2NS. The van der Waals surface area contributed by atoms with Crippen molar-refractivity contribution in [2.75, 3.05) is 12.8 Å². The number of rotatable bonds is 4. The van der Waals surface area contributed by atoms with Crippen molar-refractivity contribution < 1.29 is 8.78 Å². The molecule has 1 aromatic carbocycles. The molecule has 0 bridgehead atoms. The lowest BCUT2D eigenvalue weighted by molar-refractivity contribution is 0.305. The minimum absolute atomic E-state index is 0.0888. The van der Waals surface area contributed by atoms with Gasteiger partial charge in [0.2, 0.25) is 0 Å². The summed E-state index contributed by atoms with van der Waals surface area (Å²) < 4.78 is 26.4. The maximum atomic E-state index is 13.4. The number of halogens is 2. The molecule has 17 heavy (non-hydrogen) atoms. The summed E-state index contributed by atoms with van der Waals surface area (Å²) in [5.41, 5.74) is 0.0888. The van der Waals surface area contributed by atoms with Gasteiger partial charge in [-0.15, -0.1) is 11.8 Å². The average molecular weight is 259 g/mol. The summed E-state index contributed by atoms with van der Waals surface area (Å²) in [5.74, 6) is -0.0498. The van der Waals surface area contributed by atoms with Gasteiger partial charge in [-0.05, 0) is 30.7 Å². The Morgan fingerprint density at radius 3 is 2.47 bits per heavy atom. The van der Waals surface area contributed by atoms with E-state index in [2.05, 4.69) is 26.1 Å². The van der Waals surface area contributed by atoms with Gasteiger partial charge in [0, 0.05) is 16.7 Å². The number of hydrogen-bond donors (Lipinski definition) is 1. The molecule has 1 rings (SSSR count). The van der Waals surface area contributed by atoms with Crippen LogP contribution >= 0.6 is 11.8 Å². The van der Waals surface area contributed by atoms with E-state index in [-0.39, 0.29) is 17.3 Å². The standard InChI is InChI=1S/C13H19F2NS/c1-13(2,3)12(16-4)8-17-11-7-9(14)5-6-10(11)15/h5-7,12,16H,8H2,1-4H3. The molecule has 0 aliphatic carbocycles. The molecule has 1 nitrogen and oxygen atoms in total. The molecule has 0 aromatic heterocycles. The summed E-state index contributed by atoms with van der Waals surface area (Å²) in [7, 11) is 1.89. The molecule has 96 valence electrons. The molecule has 1 N–H and O–H groups in total. The molecule has 0 amide bonds. The van der Waals surface area contributed by atoms with Crippen LogP contribution in [0.2, 0.25) is 0 Å². The Labute approximate surface area is 106 Å². The largest absolute Gasteiger partial charge is 0.316 e. The van der Waals surface area contributed by atoms with Gasteiger partial charge in [-0.25, -0.2) is 8.78 Å². The average Bonchev–Trinajstić information content (AvgIpc) is 2.22. The first-order chi connectivity index (χ1) is 7.84. The second kappa shape index (κ2) is 5.83. The van der Waals surface area contributed by atoms with E-state index >= 15 is 0 Å². The Kier molecular flexibility index (Phi) is 4.95. The fourth-order valence-corrected chi connectivity index (χ4v) is 2.94. The van der Waals surface area contributed by atoms with E-state index in [0.717, 1.165) is 6.07 Å². The fourth-order valence-electron chi connectivity index (χ4n) is 1.53. The summed E-state index contributed by atoms with van der Waals surface area (Å²) in [6, 6.07) is 3.80. The highest BCUT2D eigenvalue weighted by Crippen LogP contribution is 2.28. The van der Waals surface area contributed by atoms with Crippen LogP contribution in [0.15, 0.2) is 23.1 Å². The topological polar surface area (TPSA) is 12.0 Å². The van der Waals surface area contributed by atoms with Crippen LogP contribution in [-0.4, -0.2) is 18.8 Å². The van der Waals surface area contributed by atoms with Gasteiger partial charge in [-0.1, -0.05) is 20.8 Å². The molecule has 1 unspecified atom stereocenters. The molecule has 0 radical (unpaired) electrons. The van der Waals surface area contributed by atoms with E-state index in [4.69, 9.17) is 0 Å². The lowest BCUT2D eigenvalue weighted by Gasteiger charge is -2.30.